The fraction of sp³-hybridized carbons (Fsp3) is 0.167. The summed E-state index contributed by atoms with van der Waals surface area (Å²) in [5.74, 6) is -0.499. The molecule has 0 radical (unpaired) electrons. The maximum Gasteiger partial charge on any atom is 0.337 e. The van der Waals surface area contributed by atoms with E-state index in [0.29, 0.717) is 28.0 Å². The summed E-state index contributed by atoms with van der Waals surface area (Å²) in [5, 5.41) is 17.6. The standard InChI is InChI=1S/C30H27N3O4/c1-17-15-23(19(3)32-25-8-6-5-7-22(25)30(35)36)29-24(16-17)27(34)18(2)28(37-29)21-11-9-20(10-12-21)26-13-14-31-33(26)4/h5-16,19,32H,1-4H3,(H,35,36). The second-order valence-corrected chi connectivity index (χ2v) is 9.25. The van der Waals surface area contributed by atoms with E-state index in [1.54, 1.807) is 37.4 Å². The summed E-state index contributed by atoms with van der Waals surface area (Å²) < 4.78 is 8.27. The second-order valence-electron chi connectivity index (χ2n) is 9.25. The molecule has 1 atom stereocenters. The number of carboxylic acids is 1. The summed E-state index contributed by atoms with van der Waals surface area (Å²) >= 11 is 0. The molecular weight excluding hydrogens is 466 g/mol. The summed E-state index contributed by atoms with van der Waals surface area (Å²) in [5.41, 5.74) is 6.10. The first-order chi connectivity index (χ1) is 17.7. The maximum absolute atomic E-state index is 13.5. The number of nitrogens with one attached hydrogen (secondary N) is 1. The Hall–Kier alpha value is -4.65. The fourth-order valence-corrected chi connectivity index (χ4v) is 4.72. The van der Waals surface area contributed by atoms with Crippen molar-refractivity contribution in [1.29, 1.82) is 0 Å². The number of anilines is 1. The number of hydrogen-bond donors (Lipinski definition) is 2. The highest BCUT2D eigenvalue weighted by atomic mass is 16.4. The number of para-hydroxylation sites is 1. The zero-order chi connectivity index (χ0) is 26.3. The molecule has 0 saturated carbocycles. The number of carbonyl (C=O) groups is 1. The lowest BCUT2D eigenvalue weighted by Gasteiger charge is -2.20. The van der Waals surface area contributed by atoms with E-state index in [-0.39, 0.29) is 17.0 Å². The van der Waals surface area contributed by atoms with Crippen molar-refractivity contribution < 1.29 is 14.3 Å². The largest absolute Gasteiger partial charge is 0.478 e. The van der Waals surface area contributed by atoms with Crippen LogP contribution in [0.15, 0.2) is 82.1 Å². The molecular formula is C30H27N3O4. The third-order valence-electron chi connectivity index (χ3n) is 6.65. The van der Waals surface area contributed by atoms with Gasteiger partial charge >= 0.3 is 5.97 Å². The van der Waals surface area contributed by atoms with Gasteiger partial charge in [0.25, 0.3) is 0 Å². The number of fused-ring (bicyclic) bond motifs is 1. The molecule has 0 aliphatic carbocycles. The SMILES string of the molecule is Cc1cc(C(C)Nc2ccccc2C(=O)O)c2oc(-c3ccc(-c4ccnn4C)cc3)c(C)c(=O)c2c1. The van der Waals surface area contributed by atoms with Crippen LogP contribution in [0.25, 0.3) is 33.6 Å². The van der Waals surface area contributed by atoms with Crippen LogP contribution < -0.4 is 10.7 Å². The summed E-state index contributed by atoms with van der Waals surface area (Å²) in [7, 11) is 1.89. The van der Waals surface area contributed by atoms with Gasteiger partial charge in [-0.1, -0.05) is 42.5 Å². The number of benzene rings is 3. The minimum Gasteiger partial charge on any atom is -0.478 e. The molecule has 37 heavy (non-hydrogen) atoms. The van der Waals surface area contributed by atoms with Crippen LogP contribution in [0.2, 0.25) is 0 Å². The molecule has 0 bridgehead atoms. The van der Waals surface area contributed by atoms with Gasteiger partial charge in [-0.25, -0.2) is 4.79 Å². The van der Waals surface area contributed by atoms with E-state index < -0.39 is 5.97 Å². The minimum atomic E-state index is -1.01. The van der Waals surface area contributed by atoms with Gasteiger partial charge in [0.15, 0.2) is 5.43 Å². The minimum absolute atomic E-state index is 0.0879. The van der Waals surface area contributed by atoms with E-state index in [1.165, 1.54) is 0 Å². The van der Waals surface area contributed by atoms with Crippen LogP contribution in [0.1, 0.15) is 40.0 Å². The number of nitrogens with zero attached hydrogens (tertiary/aromatic N) is 2. The topological polar surface area (TPSA) is 97.4 Å². The molecule has 2 N–H and O–H groups in total. The molecule has 5 rings (SSSR count). The zero-order valence-corrected chi connectivity index (χ0v) is 21.1. The molecule has 2 aromatic heterocycles. The van der Waals surface area contributed by atoms with Crippen LogP contribution in [0, 0.1) is 13.8 Å². The van der Waals surface area contributed by atoms with Crippen molar-refractivity contribution in [1.82, 2.24) is 9.78 Å². The quantitative estimate of drug-likeness (QED) is 0.286. The van der Waals surface area contributed by atoms with E-state index in [2.05, 4.69) is 10.4 Å². The number of aromatic carboxylic acids is 1. The Morgan fingerprint density at radius 1 is 1.03 bits per heavy atom. The number of aromatic nitrogens is 2. The molecule has 0 aliphatic rings. The average molecular weight is 494 g/mol. The van der Waals surface area contributed by atoms with E-state index in [9.17, 15) is 14.7 Å². The van der Waals surface area contributed by atoms with Gasteiger partial charge in [-0.2, -0.15) is 5.10 Å². The smallest absolute Gasteiger partial charge is 0.337 e. The van der Waals surface area contributed by atoms with Gasteiger partial charge in [-0.15, -0.1) is 0 Å². The lowest BCUT2D eigenvalue weighted by atomic mass is 9.98. The predicted molar refractivity (Wildman–Crippen MR) is 145 cm³/mol. The van der Waals surface area contributed by atoms with E-state index >= 15 is 0 Å². The molecule has 2 heterocycles. The van der Waals surface area contributed by atoms with Crippen LogP contribution in [0.5, 0.6) is 0 Å². The summed E-state index contributed by atoms with van der Waals surface area (Å²) in [4.78, 5) is 25.2. The number of aryl methyl sites for hydroxylation is 2. The highest BCUT2D eigenvalue weighted by Crippen LogP contribution is 2.33. The molecule has 0 aliphatic heterocycles. The van der Waals surface area contributed by atoms with Crippen molar-refractivity contribution in [3.05, 3.63) is 105 Å². The Labute approximate surface area is 214 Å². The van der Waals surface area contributed by atoms with Crippen molar-refractivity contribution in [2.45, 2.75) is 26.8 Å². The van der Waals surface area contributed by atoms with Crippen molar-refractivity contribution in [2.75, 3.05) is 5.32 Å². The third-order valence-corrected chi connectivity index (χ3v) is 6.65. The summed E-state index contributed by atoms with van der Waals surface area (Å²) in [6.07, 6.45) is 1.75. The van der Waals surface area contributed by atoms with E-state index in [0.717, 1.165) is 27.9 Å². The first kappa shape index (κ1) is 24.1. The van der Waals surface area contributed by atoms with Gasteiger partial charge in [0.1, 0.15) is 11.3 Å². The number of hydrogen-bond acceptors (Lipinski definition) is 5. The molecule has 0 amide bonds. The molecule has 7 nitrogen and oxygen atoms in total. The molecule has 186 valence electrons. The Morgan fingerprint density at radius 2 is 1.73 bits per heavy atom. The first-order valence-electron chi connectivity index (χ1n) is 12.0. The fourth-order valence-electron chi connectivity index (χ4n) is 4.72. The van der Waals surface area contributed by atoms with E-state index in [1.807, 2.05) is 68.0 Å². The zero-order valence-electron chi connectivity index (χ0n) is 21.1. The maximum atomic E-state index is 13.5. The Kier molecular flexibility index (Phi) is 6.13. The second kappa shape index (κ2) is 9.43. The molecule has 5 aromatic rings. The van der Waals surface area contributed by atoms with Crippen molar-refractivity contribution >= 4 is 22.6 Å². The van der Waals surface area contributed by atoms with Gasteiger partial charge in [0, 0.05) is 35.6 Å². The van der Waals surface area contributed by atoms with Gasteiger partial charge in [-0.3, -0.25) is 9.48 Å². The Morgan fingerprint density at radius 3 is 2.41 bits per heavy atom. The normalized spacial score (nSPS) is 12.0. The van der Waals surface area contributed by atoms with Crippen LogP contribution >= 0.6 is 0 Å². The molecule has 7 heteroatoms. The van der Waals surface area contributed by atoms with Gasteiger partial charge in [-0.05, 0) is 56.2 Å². The van der Waals surface area contributed by atoms with E-state index in [4.69, 9.17) is 4.42 Å². The summed E-state index contributed by atoms with van der Waals surface area (Å²) in [6.45, 7) is 5.64. The lowest BCUT2D eigenvalue weighted by molar-refractivity contribution is 0.0698. The van der Waals surface area contributed by atoms with Crippen molar-refractivity contribution in [3.63, 3.8) is 0 Å². The van der Waals surface area contributed by atoms with Crippen LogP contribution in [0.3, 0.4) is 0 Å². The van der Waals surface area contributed by atoms with Crippen LogP contribution in [-0.4, -0.2) is 20.9 Å². The Balaban J connectivity index is 1.61. The monoisotopic (exact) mass is 493 g/mol. The Bertz CT molecular complexity index is 1700. The van der Waals surface area contributed by atoms with Crippen LogP contribution in [-0.2, 0) is 7.05 Å². The lowest BCUT2D eigenvalue weighted by Crippen LogP contribution is -2.14. The molecule has 0 saturated heterocycles. The van der Waals surface area contributed by atoms with Crippen molar-refractivity contribution in [2.24, 2.45) is 7.05 Å². The molecule has 1 unspecified atom stereocenters. The summed E-state index contributed by atoms with van der Waals surface area (Å²) in [6, 6.07) is 20.0. The molecule has 0 fully saturated rings. The van der Waals surface area contributed by atoms with Gasteiger partial charge in [0.2, 0.25) is 0 Å². The molecule has 0 spiro atoms. The highest BCUT2D eigenvalue weighted by Gasteiger charge is 2.20. The van der Waals surface area contributed by atoms with Gasteiger partial charge < -0.3 is 14.8 Å². The van der Waals surface area contributed by atoms with Crippen molar-refractivity contribution in [3.8, 4) is 22.6 Å². The van der Waals surface area contributed by atoms with Gasteiger partial charge in [0.05, 0.1) is 22.7 Å². The number of carboxylic acid groups (broad SMARTS) is 1. The average Bonchev–Trinajstić information content (AvgIpc) is 3.32. The molecule has 3 aromatic carbocycles. The first-order valence-corrected chi connectivity index (χ1v) is 12.0. The third kappa shape index (κ3) is 4.40. The predicted octanol–water partition coefficient (Wildman–Crippen LogP) is 6.35. The van der Waals surface area contributed by atoms with Crippen LogP contribution in [0.4, 0.5) is 5.69 Å². The highest BCUT2D eigenvalue weighted by molar-refractivity contribution is 5.94. The number of rotatable bonds is 6.